The Kier molecular flexibility index (Phi) is 4.60. The number of likely N-dealkylation sites (tertiary alicyclic amines) is 1. The lowest BCUT2D eigenvalue weighted by atomic mass is 9.93. The second-order valence-corrected chi connectivity index (χ2v) is 7.00. The van der Waals surface area contributed by atoms with Crippen LogP contribution in [0.3, 0.4) is 0 Å². The predicted octanol–water partition coefficient (Wildman–Crippen LogP) is 1.71. The number of halogens is 1. The van der Waals surface area contributed by atoms with Gasteiger partial charge in [0.15, 0.2) is 0 Å². The van der Waals surface area contributed by atoms with Crippen LogP contribution in [-0.2, 0) is 9.59 Å². The molecule has 3 atom stereocenters. The molecule has 2 fully saturated rings. The molecule has 1 aliphatic heterocycles. The maximum absolute atomic E-state index is 12.6. The molecule has 1 saturated carbocycles. The highest BCUT2D eigenvalue weighted by atomic mass is 35.5. The van der Waals surface area contributed by atoms with Gasteiger partial charge in [-0.25, -0.2) is 0 Å². The minimum Gasteiger partial charge on any atom is -0.354 e. The summed E-state index contributed by atoms with van der Waals surface area (Å²) < 4.78 is 0. The number of amides is 2. The van der Waals surface area contributed by atoms with Crippen molar-refractivity contribution in [2.24, 2.45) is 17.6 Å². The van der Waals surface area contributed by atoms with Crippen molar-refractivity contribution in [3.63, 3.8) is 0 Å². The molecule has 3 N–H and O–H groups in total. The monoisotopic (exact) mass is 335 g/mol. The first-order chi connectivity index (χ1) is 11.0. The van der Waals surface area contributed by atoms with E-state index in [1.54, 1.807) is 18.0 Å². The predicted molar refractivity (Wildman–Crippen MR) is 88.8 cm³/mol. The first-order valence-corrected chi connectivity index (χ1v) is 8.39. The average Bonchev–Trinajstić information content (AvgIpc) is 3.32. The van der Waals surface area contributed by atoms with Crippen molar-refractivity contribution in [2.45, 2.75) is 31.3 Å². The van der Waals surface area contributed by atoms with Gasteiger partial charge in [0, 0.05) is 31.1 Å². The fourth-order valence-electron chi connectivity index (χ4n) is 3.29. The summed E-state index contributed by atoms with van der Waals surface area (Å²) in [6.07, 6.45) is 2.51. The first kappa shape index (κ1) is 16.3. The molecule has 1 aliphatic carbocycles. The molecule has 2 amide bonds. The van der Waals surface area contributed by atoms with Crippen LogP contribution in [-0.4, -0.2) is 36.3 Å². The molecule has 0 bridgehead atoms. The molecule has 3 rings (SSSR count). The largest absolute Gasteiger partial charge is 0.354 e. The zero-order valence-corrected chi connectivity index (χ0v) is 13.9. The standard InChI is InChI=1S/C17H22ClN3O2/c1-21-15(22)8-13(16(21)11-3-2-4-12(18)7-11)17(23)20-9-14(19)10-5-6-10/h2-4,7,10,13-14,16H,5-6,8-9,19H2,1H3,(H,20,23). The second kappa shape index (κ2) is 6.49. The van der Waals surface area contributed by atoms with Gasteiger partial charge in [-0.3, -0.25) is 9.59 Å². The highest BCUT2D eigenvalue weighted by molar-refractivity contribution is 6.30. The van der Waals surface area contributed by atoms with Gasteiger partial charge in [0.05, 0.1) is 12.0 Å². The Morgan fingerprint density at radius 3 is 2.87 bits per heavy atom. The van der Waals surface area contributed by atoms with Gasteiger partial charge in [0.1, 0.15) is 0 Å². The van der Waals surface area contributed by atoms with Crippen molar-refractivity contribution in [1.82, 2.24) is 10.2 Å². The van der Waals surface area contributed by atoms with Crippen molar-refractivity contribution in [3.05, 3.63) is 34.9 Å². The average molecular weight is 336 g/mol. The van der Waals surface area contributed by atoms with Gasteiger partial charge in [-0.2, -0.15) is 0 Å². The number of nitrogens with one attached hydrogen (secondary N) is 1. The SMILES string of the molecule is CN1C(=O)CC(C(=O)NCC(N)C2CC2)C1c1cccc(Cl)c1. The van der Waals surface area contributed by atoms with E-state index in [9.17, 15) is 9.59 Å². The summed E-state index contributed by atoms with van der Waals surface area (Å²) in [7, 11) is 1.73. The van der Waals surface area contributed by atoms with E-state index in [1.807, 2.05) is 18.2 Å². The van der Waals surface area contributed by atoms with Crippen LogP contribution in [0.5, 0.6) is 0 Å². The molecule has 0 radical (unpaired) electrons. The molecule has 23 heavy (non-hydrogen) atoms. The molecule has 1 heterocycles. The third kappa shape index (κ3) is 3.51. The van der Waals surface area contributed by atoms with Gasteiger partial charge in [-0.15, -0.1) is 0 Å². The number of carbonyl (C=O) groups is 2. The number of hydrogen-bond acceptors (Lipinski definition) is 3. The summed E-state index contributed by atoms with van der Waals surface area (Å²) in [6, 6.07) is 7.08. The molecule has 3 unspecified atom stereocenters. The van der Waals surface area contributed by atoms with Crippen molar-refractivity contribution in [3.8, 4) is 0 Å². The molecule has 1 aromatic rings. The van der Waals surface area contributed by atoms with E-state index in [2.05, 4.69) is 5.32 Å². The summed E-state index contributed by atoms with van der Waals surface area (Å²) in [5.41, 5.74) is 6.92. The second-order valence-electron chi connectivity index (χ2n) is 6.56. The van der Waals surface area contributed by atoms with E-state index >= 15 is 0 Å². The molecule has 1 saturated heterocycles. The van der Waals surface area contributed by atoms with Gasteiger partial charge in [0.25, 0.3) is 0 Å². The maximum Gasteiger partial charge on any atom is 0.226 e. The summed E-state index contributed by atoms with van der Waals surface area (Å²) in [6.45, 7) is 0.472. The van der Waals surface area contributed by atoms with Crippen LogP contribution in [0.2, 0.25) is 5.02 Å². The third-order valence-electron chi connectivity index (χ3n) is 4.85. The Bertz CT molecular complexity index is 618. The zero-order chi connectivity index (χ0) is 16.6. The number of nitrogens with two attached hydrogens (primary N) is 1. The van der Waals surface area contributed by atoms with Crippen LogP contribution < -0.4 is 11.1 Å². The molecular weight excluding hydrogens is 314 g/mol. The van der Waals surface area contributed by atoms with E-state index in [1.165, 1.54) is 0 Å². The highest BCUT2D eigenvalue weighted by Crippen LogP contribution is 2.38. The number of carbonyl (C=O) groups excluding carboxylic acids is 2. The first-order valence-electron chi connectivity index (χ1n) is 8.02. The van der Waals surface area contributed by atoms with Gasteiger partial charge in [0.2, 0.25) is 11.8 Å². The van der Waals surface area contributed by atoms with E-state index in [-0.39, 0.29) is 30.3 Å². The van der Waals surface area contributed by atoms with Crippen molar-refractivity contribution >= 4 is 23.4 Å². The van der Waals surface area contributed by atoms with Gasteiger partial charge in [-0.1, -0.05) is 23.7 Å². The number of hydrogen-bond donors (Lipinski definition) is 2. The summed E-state index contributed by atoms with van der Waals surface area (Å²) in [5.74, 6) is -0.00493. The third-order valence-corrected chi connectivity index (χ3v) is 5.09. The normalized spacial score (nSPS) is 25.5. The molecule has 0 aromatic heterocycles. The molecule has 0 spiro atoms. The summed E-state index contributed by atoms with van der Waals surface area (Å²) in [4.78, 5) is 26.3. The zero-order valence-electron chi connectivity index (χ0n) is 13.2. The maximum atomic E-state index is 12.6. The van der Waals surface area contributed by atoms with Crippen LogP contribution in [0.1, 0.15) is 30.9 Å². The lowest BCUT2D eigenvalue weighted by Gasteiger charge is -2.25. The molecular formula is C17H22ClN3O2. The van der Waals surface area contributed by atoms with E-state index < -0.39 is 5.92 Å². The van der Waals surface area contributed by atoms with Gasteiger partial charge >= 0.3 is 0 Å². The lowest BCUT2D eigenvalue weighted by Crippen LogP contribution is -2.42. The minimum atomic E-state index is -0.405. The Morgan fingerprint density at radius 1 is 1.48 bits per heavy atom. The van der Waals surface area contributed by atoms with Crippen LogP contribution >= 0.6 is 11.6 Å². The molecule has 124 valence electrons. The fraction of sp³-hybridized carbons (Fsp3) is 0.529. The van der Waals surface area contributed by atoms with Gasteiger partial charge in [-0.05, 0) is 36.5 Å². The Labute approximate surface area is 141 Å². The van der Waals surface area contributed by atoms with Crippen molar-refractivity contribution < 1.29 is 9.59 Å². The smallest absolute Gasteiger partial charge is 0.226 e. The van der Waals surface area contributed by atoms with Crippen LogP contribution in [0.25, 0.3) is 0 Å². The van der Waals surface area contributed by atoms with Crippen molar-refractivity contribution in [2.75, 3.05) is 13.6 Å². The van der Waals surface area contributed by atoms with Gasteiger partial charge < -0.3 is 16.0 Å². The Hall–Kier alpha value is -1.59. The van der Waals surface area contributed by atoms with Crippen LogP contribution in [0, 0.1) is 11.8 Å². The lowest BCUT2D eigenvalue weighted by molar-refractivity contribution is -0.128. The van der Waals surface area contributed by atoms with Crippen LogP contribution in [0.4, 0.5) is 0 Å². The molecule has 5 nitrogen and oxygen atoms in total. The van der Waals surface area contributed by atoms with E-state index in [0.29, 0.717) is 17.5 Å². The Morgan fingerprint density at radius 2 is 2.22 bits per heavy atom. The Balaban J connectivity index is 1.73. The number of nitrogens with zero attached hydrogens (tertiary/aromatic N) is 1. The van der Waals surface area contributed by atoms with Crippen LogP contribution in [0.15, 0.2) is 24.3 Å². The summed E-state index contributed by atoms with van der Waals surface area (Å²) >= 11 is 6.06. The van der Waals surface area contributed by atoms with E-state index in [0.717, 1.165) is 18.4 Å². The topological polar surface area (TPSA) is 75.4 Å². The highest BCUT2D eigenvalue weighted by Gasteiger charge is 2.42. The molecule has 6 heteroatoms. The number of rotatable bonds is 5. The number of benzene rings is 1. The van der Waals surface area contributed by atoms with Crippen molar-refractivity contribution in [1.29, 1.82) is 0 Å². The fourth-order valence-corrected chi connectivity index (χ4v) is 3.49. The molecule has 1 aromatic carbocycles. The summed E-state index contributed by atoms with van der Waals surface area (Å²) in [5, 5.41) is 3.53. The molecule has 2 aliphatic rings. The van der Waals surface area contributed by atoms with E-state index in [4.69, 9.17) is 17.3 Å². The minimum absolute atomic E-state index is 0.0124. The quantitative estimate of drug-likeness (QED) is 0.860.